The van der Waals surface area contributed by atoms with Crippen LogP contribution in [-0.2, 0) is 0 Å². The molecule has 0 spiro atoms. The summed E-state index contributed by atoms with van der Waals surface area (Å²) < 4.78 is 5.05. The maximum Gasteiger partial charge on any atom is 0.251 e. The van der Waals surface area contributed by atoms with Crippen molar-refractivity contribution >= 4 is 17.5 Å². The van der Waals surface area contributed by atoms with Gasteiger partial charge in [-0.3, -0.25) is 4.79 Å². The molecule has 0 radical (unpaired) electrons. The summed E-state index contributed by atoms with van der Waals surface area (Å²) in [7, 11) is 1.60. The molecule has 1 amide bonds. The third kappa shape index (κ3) is 4.75. The number of carbonyl (C=O) groups excluding carboxylic acids is 1. The molecule has 3 nitrogen and oxygen atoms in total. The number of hydrogen-bond acceptors (Lipinski definition) is 2. The van der Waals surface area contributed by atoms with Crippen molar-refractivity contribution in [3.63, 3.8) is 0 Å². The summed E-state index contributed by atoms with van der Waals surface area (Å²) in [5, 5.41) is 2.86. The van der Waals surface area contributed by atoms with E-state index in [1.807, 2.05) is 0 Å². The van der Waals surface area contributed by atoms with E-state index < -0.39 is 0 Å². The van der Waals surface area contributed by atoms with Crippen molar-refractivity contribution in [3.8, 4) is 5.75 Å². The predicted molar refractivity (Wildman–Crippen MR) is 79.0 cm³/mol. The van der Waals surface area contributed by atoms with Crippen LogP contribution in [0.2, 0.25) is 0 Å². The molecule has 0 aliphatic carbocycles. The van der Waals surface area contributed by atoms with Crippen LogP contribution in [0, 0.1) is 5.92 Å². The van der Waals surface area contributed by atoms with E-state index in [0.29, 0.717) is 18.0 Å². The Balaban J connectivity index is 2.50. The molecule has 0 saturated heterocycles. The van der Waals surface area contributed by atoms with Gasteiger partial charge in [-0.15, -0.1) is 11.6 Å². The van der Waals surface area contributed by atoms with Gasteiger partial charge in [-0.05, 0) is 30.2 Å². The standard InChI is InChI=1S/C15H22ClNO2/c1-4-11(5-2)14(16)10-17-15(18)12-6-8-13(19-3)9-7-12/h6-9,11,14H,4-5,10H2,1-3H3,(H,17,18). The molecule has 106 valence electrons. The van der Waals surface area contributed by atoms with E-state index in [9.17, 15) is 4.79 Å². The lowest BCUT2D eigenvalue weighted by atomic mass is 9.99. The molecule has 1 unspecified atom stereocenters. The van der Waals surface area contributed by atoms with Gasteiger partial charge in [0.05, 0.1) is 12.5 Å². The summed E-state index contributed by atoms with van der Waals surface area (Å²) in [4.78, 5) is 11.9. The first kappa shape index (κ1) is 15.8. The number of nitrogens with one attached hydrogen (secondary N) is 1. The number of rotatable bonds is 7. The van der Waals surface area contributed by atoms with Gasteiger partial charge in [-0.2, -0.15) is 0 Å². The molecule has 0 saturated carbocycles. The number of benzene rings is 1. The molecule has 0 fully saturated rings. The minimum absolute atomic E-state index is 0.0165. The molecule has 0 aliphatic rings. The number of ether oxygens (including phenoxy) is 1. The highest BCUT2D eigenvalue weighted by Crippen LogP contribution is 2.18. The minimum Gasteiger partial charge on any atom is -0.497 e. The van der Waals surface area contributed by atoms with E-state index in [0.717, 1.165) is 18.6 Å². The zero-order valence-electron chi connectivity index (χ0n) is 11.8. The molecule has 0 bridgehead atoms. The Morgan fingerprint density at radius 1 is 1.26 bits per heavy atom. The summed E-state index contributed by atoms with van der Waals surface area (Å²) in [5.41, 5.74) is 0.620. The van der Waals surface area contributed by atoms with Crippen LogP contribution in [0.4, 0.5) is 0 Å². The maximum absolute atomic E-state index is 11.9. The third-order valence-corrected chi connectivity index (χ3v) is 3.88. The van der Waals surface area contributed by atoms with Crippen molar-refractivity contribution in [2.45, 2.75) is 32.1 Å². The summed E-state index contributed by atoms with van der Waals surface area (Å²) in [5.74, 6) is 1.08. The number of hydrogen-bond donors (Lipinski definition) is 1. The van der Waals surface area contributed by atoms with Crippen LogP contribution < -0.4 is 10.1 Å². The molecule has 1 aromatic carbocycles. The van der Waals surface area contributed by atoms with Crippen LogP contribution in [-0.4, -0.2) is 24.9 Å². The van der Waals surface area contributed by atoms with Gasteiger partial charge in [-0.25, -0.2) is 0 Å². The van der Waals surface area contributed by atoms with E-state index >= 15 is 0 Å². The van der Waals surface area contributed by atoms with Gasteiger partial charge < -0.3 is 10.1 Å². The predicted octanol–water partition coefficient (Wildman–Crippen LogP) is 3.47. The van der Waals surface area contributed by atoms with E-state index in [4.69, 9.17) is 16.3 Å². The quantitative estimate of drug-likeness (QED) is 0.778. The molecule has 1 aromatic rings. The SMILES string of the molecule is CCC(CC)C(Cl)CNC(=O)c1ccc(OC)cc1. The number of carbonyl (C=O) groups is 1. The monoisotopic (exact) mass is 283 g/mol. The Hall–Kier alpha value is -1.22. The van der Waals surface area contributed by atoms with Crippen LogP contribution in [0.1, 0.15) is 37.0 Å². The zero-order valence-corrected chi connectivity index (χ0v) is 12.5. The molecule has 1 N–H and O–H groups in total. The smallest absolute Gasteiger partial charge is 0.251 e. The Bertz CT molecular complexity index is 388. The average molecular weight is 284 g/mol. The average Bonchev–Trinajstić information content (AvgIpc) is 2.46. The maximum atomic E-state index is 11.9. The molecule has 1 rings (SSSR count). The molecular formula is C15H22ClNO2. The molecule has 0 aromatic heterocycles. The largest absolute Gasteiger partial charge is 0.497 e. The lowest BCUT2D eigenvalue weighted by Crippen LogP contribution is -2.33. The second-order valence-electron chi connectivity index (χ2n) is 4.53. The van der Waals surface area contributed by atoms with Crippen molar-refractivity contribution in [2.24, 2.45) is 5.92 Å². The normalized spacial score (nSPS) is 12.3. The third-order valence-electron chi connectivity index (χ3n) is 3.37. The molecule has 19 heavy (non-hydrogen) atoms. The van der Waals surface area contributed by atoms with E-state index in [1.165, 1.54) is 0 Å². The highest BCUT2D eigenvalue weighted by Gasteiger charge is 2.16. The fraction of sp³-hybridized carbons (Fsp3) is 0.533. The van der Waals surface area contributed by atoms with Crippen LogP contribution in [0.15, 0.2) is 24.3 Å². The summed E-state index contributed by atoms with van der Waals surface area (Å²) in [6.07, 6.45) is 2.06. The number of amides is 1. The van der Waals surface area contributed by atoms with E-state index in [2.05, 4.69) is 19.2 Å². The number of methoxy groups -OCH3 is 1. The number of alkyl halides is 1. The first-order valence-electron chi connectivity index (χ1n) is 6.68. The highest BCUT2D eigenvalue weighted by atomic mass is 35.5. The van der Waals surface area contributed by atoms with Crippen molar-refractivity contribution in [1.29, 1.82) is 0 Å². The lowest BCUT2D eigenvalue weighted by molar-refractivity contribution is 0.0951. The van der Waals surface area contributed by atoms with Crippen LogP contribution in [0.5, 0.6) is 5.75 Å². The molecule has 0 aliphatic heterocycles. The summed E-state index contributed by atoms with van der Waals surface area (Å²) >= 11 is 6.29. The summed E-state index contributed by atoms with van der Waals surface area (Å²) in [6, 6.07) is 7.03. The first-order chi connectivity index (χ1) is 9.12. The van der Waals surface area contributed by atoms with Gasteiger partial charge in [0.2, 0.25) is 0 Å². The van der Waals surface area contributed by atoms with Gasteiger partial charge in [0.25, 0.3) is 5.91 Å². The van der Waals surface area contributed by atoms with Crippen LogP contribution in [0.3, 0.4) is 0 Å². The molecule has 1 atom stereocenters. The Morgan fingerprint density at radius 3 is 2.32 bits per heavy atom. The van der Waals surface area contributed by atoms with Gasteiger partial charge >= 0.3 is 0 Å². The fourth-order valence-corrected chi connectivity index (χ4v) is 2.44. The van der Waals surface area contributed by atoms with E-state index in [-0.39, 0.29) is 11.3 Å². The van der Waals surface area contributed by atoms with Crippen molar-refractivity contribution in [2.75, 3.05) is 13.7 Å². The van der Waals surface area contributed by atoms with Gasteiger partial charge in [0.1, 0.15) is 5.75 Å². The van der Waals surface area contributed by atoms with Crippen molar-refractivity contribution < 1.29 is 9.53 Å². The van der Waals surface area contributed by atoms with Crippen molar-refractivity contribution in [1.82, 2.24) is 5.32 Å². The van der Waals surface area contributed by atoms with E-state index in [1.54, 1.807) is 31.4 Å². The van der Waals surface area contributed by atoms with Crippen LogP contribution in [0.25, 0.3) is 0 Å². The van der Waals surface area contributed by atoms with Gasteiger partial charge in [0.15, 0.2) is 0 Å². The zero-order chi connectivity index (χ0) is 14.3. The Morgan fingerprint density at radius 2 is 1.84 bits per heavy atom. The molecule has 4 heteroatoms. The van der Waals surface area contributed by atoms with Gasteiger partial charge in [-0.1, -0.05) is 26.7 Å². The second kappa shape index (κ2) is 8.05. The van der Waals surface area contributed by atoms with Crippen molar-refractivity contribution in [3.05, 3.63) is 29.8 Å². The fourth-order valence-electron chi connectivity index (χ4n) is 2.00. The first-order valence-corrected chi connectivity index (χ1v) is 7.12. The highest BCUT2D eigenvalue weighted by molar-refractivity contribution is 6.21. The second-order valence-corrected chi connectivity index (χ2v) is 5.09. The summed E-state index contributed by atoms with van der Waals surface area (Å²) in [6.45, 7) is 4.74. The lowest BCUT2D eigenvalue weighted by Gasteiger charge is -2.19. The van der Waals surface area contributed by atoms with Crippen LogP contribution >= 0.6 is 11.6 Å². The molecule has 0 heterocycles. The Labute approximate surface area is 120 Å². The van der Waals surface area contributed by atoms with Gasteiger partial charge in [0, 0.05) is 12.1 Å². The molecular weight excluding hydrogens is 262 g/mol. The topological polar surface area (TPSA) is 38.3 Å². The minimum atomic E-state index is -0.0979. The number of halogens is 1. The Kier molecular flexibility index (Phi) is 6.71.